The van der Waals surface area contributed by atoms with Crippen LogP contribution in [0.2, 0.25) is 0 Å². The van der Waals surface area contributed by atoms with E-state index in [-0.39, 0.29) is 32.6 Å². The average Bonchev–Trinajstić information content (AvgIpc) is 2.44. The van der Waals surface area contributed by atoms with Crippen molar-refractivity contribution in [2.24, 2.45) is 0 Å². The van der Waals surface area contributed by atoms with Crippen LogP contribution in [-0.2, 0) is 16.1 Å². The predicted octanol–water partition coefficient (Wildman–Crippen LogP) is 2.82. The molecule has 0 unspecified atom stereocenters. The Hall–Kier alpha value is -1.69. The fourth-order valence-electron chi connectivity index (χ4n) is 2.92. The highest BCUT2D eigenvalue weighted by Gasteiger charge is 2.59. The maximum atomic E-state index is 13.1. The molecule has 0 bridgehead atoms. The molecule has 1 aromatic rings. The number of rotatable bonds is 2. The van der Waals surface area contributed by atoms with E-state index in [1.54, 1.807) is 0 Å². The molecule has 1 saturated carbocycles. The Morgan fingerprint density at radius 2 is 2.00 bits per heavy atom. The minimum absolute atomic E-state index is 0.177. The number of carbonyl (C=O) groups is 1. The second-order valence-electron chi connectivity index (χ2n) is 5.70. The van der Waals surface area contributed by atoms with Crippen molar-refractivity contribution < 1.29 is 23.0 Å². The number of hydrogen-bond donors (Lipinski definition) is 0. The SMILES string of the molecule is O=C(OCc1ccccc1)N1CCOC2(C1)CC(F)(F)C2. The zero-order chi connectivity index (χ0) is 14.9. The van der Waals surface area contributed by atoms with Gasteiger partial charge in [-0.1, -0.05) is 30.3 Å². The number of amides is 1. The summed E-state index contributed by atoms with van der Waals surface area (Å²) in [7, 11) is 0. The number of ether oxygens (including phenoxy) is 2. The number of benzene rings is 1. The average molecular weight is 297 g/mol. The quantitative estimate of drug-likeness (QED) is 0.842. The van der Waals surface area contributed by atoms with Crippen LogP contribution in [0.3, 0.4) is 0 Å². The van der Waals surface area contributed by atoms with Crippen LogP contribution in [0.5, 0.6) is 0 Å². The number of hydrogen-bond acceptors (Lipinski definition) is 3. The molecule has 4 nitrogen and oxygen atoms in total. The van der Waals surface area contributed by atoms with Crippen LogP contribution >= 0.6 is 0 Å². The second-order valence-corrected chi connectivity index (χ2v) is 5.70. The van der Waals surface area contributed by atoms with Crippen molar-refractivity contribution in [3.05, 3.63) is 35.9 Å². The second kappa shape index (κ2) is 5.26. The fraction of sp³-hybridized carbons (Fsp3) is 0.533. The van der Waals surface area contributed by atoms with E-state index in [4.69, 9.17) is 9.47 Å². The molecule has 1 heterocycles. The summed E-state index contributed by atoms with van der Waals surface area (Å²) < 4.78 is 36.8. The molecule has 2 aliphatic rings. The van der Waals surface area contributed by atoms with Gasteiger partial charge in [0.15, 0.2) is 0 Å². The highest BCUT2D eigenvalue weighted by Crippen LogP contribution is 2.49. The van der Waals surface area contributed by atoms with Gasteiger partial charge in [-0.15, -0.1) is 0 Å². The number of alkyl halides is 2. The van der Waals surface area contributed by atoms with Gasteiger partial charge in [0.25, 0.3) is 5.92 Å². The monoisotopic (exact) mass is 297 g/mol. The topological polar surface area (TPSA) is 38.8 Å². The zero-order valence-corrected chi connectivity index (χ0v) is 11.6. The Labute approximate surface area is 121 Å². The minimum atomic E-state index is -2.67. The van der Waals surface area contributed by atoms with Crippen molar-refractivity contribution in [1.82, 2.24) is 4.90 Å². The van der Waals surface area contributed by atoms with E-state index in [1.807, 2.05) is 30.3 Å². The number of carbonyl (C=O) groups excluding carboxylic acids is 1. The van der Waals surface area contributed by atoms with E-state index in [2.05, 4.69) is 0 Å². The van der Waals surface area contributed by atoms with Gasteiger partial charge in [0.2, 0.25) is 0 Å². The molecule has 1 saturated heterocycles. The maximum Gasteiger partial charge on any atom is 0.410 e. The molecule has 3 rings (SSSR count). The molecule has 1 spiro atoms. The number of nitrogens with zero attached hydrogens (tertiary/aromatic N) is 1. The molecule has 0 atom stereocenters. The van der Waals surface area contributed by atoms with Crippen LogP contribution < -0.4 is 0 Å². The van der Waals surface area contributed by atoms with E-state index in [9.17, 15) is 13.6 Å². The van der Waals surface area contributed by atoms with Crippen LogP contribution in [0.25, 0.3) is 0 Å². The zero-order valence-electron chi connectivity index (χ0n) is 11.6. The largest absolute Gasteiger partial charge is 0.445 e. The molecule has 114 valence electrons. The normalized spacial score (nSPS) is 22.7. The molecule has 1 amide bonds. The Morgan fingerprint density at radius 3 is 2.67 bits per heavy atom. The fourth-order valence-corrected chi connectivity index (χ4v) is 2.92. The van der Waals surface area contributed by atoms with E-state index in [1.165, 1.54) is 4.90 Å². The molecule has 6 heteroatoms. The van der Waals surface area contributed by atoms with Crippen LogP contribution in [0.4, 0.5) is 13.6 Å². The third-order valence-electron chi connectivity index (χ3n) is 3.87. The third-order valence-corrected chi connectivity index (χ3v) is 3.87. The molecule has 21 heavy (non-hydrogen) atoms. The van der Waals surface area contributed by atoms with Gasteiger partial charge >= 0.3 is 6.09 Å². The first-order valence-electron chi connectivity index (χ1n) is 6.96. The van der Waals surface area contributed by atoms with Crippen molar-refractivity contribution in [3.63, 3.8) is 0 Å². The summed E-state index contributed by atoms with van der Waals surface area (Å²) in [6, 6.07) is 9.33. The van der Waals surface area contributed by atoms with Crippen molar-refractivity contribution in [2.45, 2.75) is 31.0 Å². The van der Waals surface area contributed by atoms with Crippen LogP contribution in [0.1, 0.15) is 18.4 Å². The summed E-state index contributed by atoms with van der Waals surface area (Å²) in [5.74, 6) is -2.67. The van der Waals surface area contributed by atoms with Crippen molar-refractivity contribution in [2.75, 3.05) is 19.7 Å². The highest BCUT2D eigenvalue weighted by molar-refractivity contribution is 5.68. The van der Waals surface area contributed by atoms with E-state index in [0.717, 1.165) is 5.56 Å². The van der Waals surface area contributed by atoms with Gasteiger partial charge in [0, 0.05) is 19.4 Å². The molecule has 0 N–H and O–H groups in total. The minimum Gasteiger partial charge on any atom is -0.445 e. The summed E-state index contributed by atoms with van der Waals surface area (Å²) >= 11 is 0. The summed E-state index contributed by atoms with van der Waals surface area (Å²) in [6.07, 6.45) is -1.11. The number of morpholine rings is 1. The standard InChI is InChI=1S/C15H17F2NO3/c16-15(17)9-14(10-15)11-18(6-7-21-14)13(19)20-8-12-4-2-1-3-5-12/h1-5H,6-11H2. The Balaban J connectivity index is 1.53. The van der Waals surface area contributed by atoms with Gasteiger partial charge in [-0.05, 0) is 5.56 Å². The van der Waals surface area contributed by atoms with Crippen LogP contribution in [-0.4, -0.2) is 42.2 Å². The molecule has 1 aliphatic carbocycles. The van der Waals surface area contributed by atoms with E-state index < -0.39 is 17.6 Å². The lowest BCUT2D eigenvalue weighted by atomic mass is 9.75. The summed E-state index contributed by atoms with van der Waals surface area (Å²) in [5, 5.41) is 0. The first-order chi connectivity index (χ1) is 9.98. The van der Waals surface area contributed by atoms with Gasteiger partial charge < -0.3 is 14.4 Å². The van der Waals surface area contributed by atoms with Crippen molar-refractivity contribution in [1.29, 1.82) is 0 Å². The summed E-state index contributed by atoms with van der Waals surface area (Å²) in [6.45, 7) is 1.01. The maximum absolute atomic E-state index is 13.1. The van der Waals surface area contributed by atoms with Crippen LogP contribution in [0.15, 0.2) is 30.3 Å². The molecule has 0 aromatic heterocycles. The molecule has 1 aliphatic heterocycles. The van der Waals surface area contributed by atoms with Crippen LogP contribution in [0, 0.1) is 0 Å². The molecular weight excluding hydrogens is 280 g/mol. The highest BCUT2D eigenvalue weighted by atomic mass is 19.3. The van der Waals surface area contributed by atoms with Crippen molar-refractivity contribution in [3.8, 4) is 0 Å². The van der Waals surface area contributed by atoms with E-state index in [0.29, 0.717) is 6.54 Å². The molecular formula is C15H17F2NO3. The predicted molar refractivity (Wildman–Crippen MR) is 71.1 cm³/mol. The first-order valence-corrected chi connectivity index (χ1v) is 6.96. The van der Waals surface area contributed by atoms with Gasteiger partial charge in [-0.3, -0.25) is 0 Å². The van der Waals surface area contributed by atoms with E-state index >= 15 is 0 Å². The molecule has 0 radical (unpaired) electrons. The smallest absolute Gasteiger partial charge is 0.410 e. The lowest BCUT2D eigenvalue weighted by Gasteiger charge is -2.51. The van der Waals surface area contributed by atoms with Gasteiger partial charge in [-0.25, -0.2) is 13.6 Å². The lowest BCUT2D eigenvalue weighted by molar-refractivity contribution is -0.247. The van der Waals surface area contributed by atoms with Gasteiger partial charge in [0.1, 0.15) is 6.61 Å². The lowest BCUT2D eigenvalue weighted by Crippen LogP contribution is -2.63. The Bertz CT molecular complexity index is 513. The first kappa shape index (κ1) is 14.3. The Morgan fingerprint density at radius 1 is 1.29 bits per heavy atom. The summed E-state index contributed by atoms with van der Waals surface area (Å²) in [5.41, 5.74) is 0.0112. The Kier molecular flexibility index (Phi) is 3.57. The van der Waals surface area contributed by atoms with Crippen molar-refractivity contribution >= 4 is 6.09 Å². The van der Waals surface area contributed by atoms with Gasteiger partial charge in [-0.2, -0.15) is 0 Å². The number of halogens is 2. The molecule has 2 fully saturated rings. The van der Waals surface area contributed by atoms with Gasteiger partial charge in [0.05, 0.1) is 18.8 Å². The third kappa shape index (κ3) is 3.15. The molecule has 1 aromatic carbocycles. The summed E-state index contributed by atoms with van der Waals surface area (Å²) in [4.78, 5) is 13.5.